The number of aromatic nitrogens is 2. The Balaban J connectivity index is 2.11. The number of benzene rings is 1. The van der Waals surface area contributed by atoms with Gasteiger partial charge in [-0.2, -0.15) is 0 Å². The van der Waals surface area contributed by atoms with Gasteiger partial charge in [-0.3, -0.25) is 9.36 Å². The zero-order valence-electron chi connectivity index (χ0n) is 11.3. The standard InChI is InChI=1S/C14H17N3O3/c1-20-10-2-3-12-11(6-10)13(18)17(14(19)16-12)8-9-4-5-15-7-9/h2-3,6,9,15H,4-5,7-8H2,1H3,(H,16,19). The summed E-state index contributed by atoms with van der Waals surface area (Å²) in [5.74, 6) is 0.938. The van der Waals surface area contributed by atoms with Gasteiger partial charge >= 0.3 is 5.69 Å². The highest BCUT2D eigenvalue weighted by Crippen LogP contribution is 2.15. The molecule has 1 aliphatic heterocycles. The molecule has 2 aromatic rings. The minimum Gasteiger partial charge on any atom is -0.497 e. The molecule has 1 unspecified atom stereocenters. The predicted octanol–water partition coefficient (Wildman–Crippen LogP) is 0.308. The molecule has 0 amide bonds. The maximum absolute atomic E-state index is 12.5. The fraction of sp³-hybridized carbons (Fsp3) is 0.429. The van der Waals surface area contributed by atoms with Gasteiger partial charge < -0.3 is 15.0 Å². The van der Waals surface area contributed by atoms with E-state index in [4.69, 9.17) is 4.74 Å². The topological polar surface area (TPSA) is 76.1 Å². The first kappa shape index (κ1) is 12.9. The van der Waals surface area contributed by atoms with Crippen molar-refractivity contribution in [3.05, 3.63) is 39.0 Å². The van der Waals surface area contributed by atoms with Crippen LogP contribution in [0.3, 0.4) is 0 Å². The summed E-state index contributed by atoms with van der Waals surface area (Å²) in [6.45, 7) is 2.25. The smallest absolute Gasteiger partial charge is 0.328 e. The molecule has 6 nitrogen and oxygen atoms in total. The molecular weight excluding hydrogens is 258 g/mol. The van der Waals surface area contributed by atoms with Crippen molar-refractivity contribution < 1.29 is 4.74 Å². The molecule has 1 fully saturated rings. The number of rotatable bonds is 3. The van der Waals surface area contributed by atoms with Gasteiger partial charge in [0.1, 0.15) is 5.75 Å². The number of hydrogen-bond acceptors (Lipinski definition) is 4. The molecule has 1 aromatic carbocycles. The number of ether oxygens (including phenoxy) is 1. The molecule has 0 spiro atoms. The highest BCUT2D eigenvalue weighted by Gasteiger charge is 2.18. The van der Waals surface area contributed by atoms with Gasteiger partial charge in [0.15, 0.2) is 0 Å². The lowest BCUT2D eigenvalue weighted by Crippen LogP contribution is -2.37. The minimum absolute atomic E-state index is 0.255. The highest BCUT2D eigenvalue weighted by molar-refractivity contribution is 5.78. The molecule has 20 heavy (non-hydrogen) atoms. The van der Waals surface area contributed by atoms with E-state index < -0.39 is 0 Å². The van der Waals surface area contributed by atoms with Gasteiger partial charge in [0, 0.05) is 6.54 Å². The van der Waals surface area contributed by atoms with Crippen LogP contribution in [-0.4, -0.2) is 29.8 Å². The number of fused-ring (bicyclic) bond motifs is 1. The Morgan fingerprint density at radius 1 is 1.40 bits per heavy atom. The zero-order chi connectivity index (χ0) is 14.1. The Kier molecular flexibility index (Phi) is 3.31. The second-order valence-electron chi connectivity index (χ2n) is 5.12. The van der Waals surface area contributed by atoms with Crippen molar-refractivity contribution in [3.63, 3.8) is 0 Å². The van der Waals surface area contributed by atoms with Crippen molar-refractivity contribution in [3.8, 4) is 5.75 Å². The molecule has 6 heteroatoms. The lowest BCUT2D eigenvalue weighted by Gasteiger charge is -2.11. The van der Waals surface area contributed by atoms with Crippen LogP contribution in [0.2, 0.25) is 0 Å². The molecule has 3 rings (SSSR count). The second kappa shape index (κ2) is 5.13. The van der Waals surface area contributed by atoms with E-state index in [1.54, 1.807) is 25.3 Å². The summed E-state index contributed by atoms with van der Waals surface area (Å²) < 4.78 is 6.42. The fourth-order valence-electron chi connectivity index (χ4n) is 2.65. The SMILES string of the molecule is COc1ccc2[nH]c(=O)n(CC3CCNC3)c(=O)c2c1. The van der Waals surface area contributed by atoms with Gasteiger partial charge in [-0.05, 0) is 43.6 Å². The van der Waals surface area contributed by atoms with Crippen LogP contribution >= 0.6 is 0 Å². The molecule has 1 atom stereocenters. The summed E-state index contributed by atoms with van der Waals surface area (Å²) in [6, 6.07) is 5.08. The summed E-state index contributed by atoms with van der Waals surface area (Å²) >= 11 is 0. The third kappa shape index (κ3) is 2.22. The Morgan fingerprint density at radius 3 is 2.95 bits per heavy atom. The van der Waals surface area contributed by atoms with Gasteiger partial charge in [0.25, 0.3) is 5.56 Å². The molecule has 1 aliphatic rings. The average molecular weight is 275 g/mol. The maximum atomic E-state index is 12.5. The number of methoxy groups -OCH3 is 1. The van der Waals surface area contributed by atoms with E-state index in [9.17, 15) is 9.59 Å². The number of nitrogens with zero attached hydrogens (tertiary/aromatic N) is 1. The van der Waals surface area contributed by atoms with Gasteiger partial charge in [-0.15, -0.1) is 0 Å². The molecule has 0 radical (unpaired) electrons. The van der Waals surface area contributed by atoms with Crippen LogP contribution in [0.4, 0.5) is 0 Å². The first-order valence-electron chi connectivity index (χ1n) is 6.70. The van der Waals surface area contributed by atoms with Gasteiger partial charge in [0.2, 0.25) is 0 Å². The van der Waals surface area contributed by atoms with Crippen LogP contribution in [-0.2, 0) is 6.54 Å². The Morgan fingerprint density at radius 2 is 2.25 bits per heavy atom. The maximum Gasteiger partial charge on any atom is 0.328 e. The third-order valence-electron chi connectivity index (χ3n) is 3.79. The molecule has 0 aliphatic carbocycles. The molecule has 1 aromatic heterocycles. The minimum atomic E-state index is -0.348. The van der Waals surface area contributed by atoms with E-state index in [1.165, 1.54) is 4.57 Å². The second-order valence-corrected chi connectivity index (χ2v) is 5.12. The number of H-pyrrole nitrogens is 1. The van der Waals surface area contributed by atoms with Crippen LogP contribution in [0.15, 0.2) is 27.8 Å². The van der Waals surface area contributed by atoms with E-state index in [0.717, 1.165) is 19.5 Å². The monoisotopic (exact) mass is 275 g/mol. The van der Waals surface area contributed by atoms with E-state index in [2.05, 4.69) is 10.3 Å². The van der Waals surface area contributed by atoms with E-state index in [0.29, 0.717) is 29.1 Å². The molecule has 1 saturated heterocycles. The van der Waals surface area contributed by atoms with Crippen molar-refractivity contribution in [2.75, 3.05) is 20.2 Å². The zero-order valence-corrected chi connectivity index (χ0v) is 11.3. The third-order valence-corrected chi connectivity index (χ3v) is 3.79. The first-order chi connectivity index (χ1) is 9.69. The molecular formula is C14H17N3O3. The Labute approximate surface area is 115 Å². The van der Waals surface area contributed by atoms with Crippen LogP contribution in [0.25, 0.3) is 10.9 Å². The normalized spacial score (nSPS) is 18.6. The Bertz CT molecular complexity index is 741. The molecule has 2 heterocycles. The predicted molar refractivity (Wildman–Crippen MR) is 76.4 cm³/mol. The largest absolute Gasteiger partial charge is 0.497 e. The molecule has 0 saturated carbocycles. The lowest BCUT2D eigenvalue weighted by molar-refractivity contribution is 0.415. The van der Waals surface area contributed by atoms with Crippen molar-refractivity contribution in [2.45, 2.75) is 13.0 Å². The fourth-order valence-corrected chi connectivity index (χ4v) is 2.65. The van der Waals surface area contributed by atoms with E-state index in [-0.39, 0.29) is 11.2 Å². The number of hydrogen-bond donors (Lipinski definition) is 2. The van der Waals surface area contributed by atoms with Crippen molar-refractivity contribution >= 4 is 10.9 Å². The van der Waals surface area contributed by atoms with Crippen LogP contribution in [0.5, 0.6) is 5.75 Å². The first-order valence-corrected chi connectivity index (χ1v) is 6.70. The van der Waals surface area contributed by atoms with Gasteiger partial charge in [0.05, 0.1) is 18.0 Å². The average Bonchev–Trinajstić information content (AvgIpc) is 2.96. The van der Waals surface area contributed by atoms with E-state index in [1.807, 2.05) is 0 Å². The van der Waals surface area contributed by atoms with Crippen molar-refractivity contribution in [2.24, 2.45) is 5.92 Å². The van der Waals surface area contributed by atoms with Crippen molar-refractivity contribution in [1.82, 2.24) is 14.9 Å². The highest BCUT2D eigenvalue weighted by atomic mass is 16.5. The summed E-state index contributed by atoms with van der Waals surface area (Å²) in [5, 5.41) is 3.72. The summed E-state index contributed by atoms with van der Waals surface area (Å²) in [5.41, 5.74) is -0.0595. The van der Waals surface area contributed by atoms with E-state index >= 15 is 0 Å². The Hall–Kier alpha value is -2.08. The summed E-state index contributed by atoms with van der Waals surface area (Å²) in [4.78, 5) is 27.3. The number of nitrogens with one attached hydrogen (secondary N) is 2. The quantitative estimate of drug-likeness (QED) is 0.845. The molecule has 2 N–H and O–H groups in total. The van der Waals surface area contributed by atoms with Crippen molar-refractivity contribution in [1.29, 1.82) is 0 Å². The molecule has 106 valence electrons. The van der Waals surface area contributed by atoms with Crippen LogP contribution < -0.4 is 21.3 Å². The van der Waals surface area contributed by atoms with Crippen LogP contribution in [0, 0.1) is 5.92 Å². The van der Waals surface area contributed by atoms with Gasteiger partial charge in [-0.25, -0.2) is 4.79 Å². The molecule has 0 bridgehead atoms. The lowest BCUT2D eigenvalue weighted by atomic mass is 10.1. The number of aromatic amines is 1. The van der Waals surface area contributed by atoms with Gasteiger partial charge in [-0.1, -0.05) is 0 Å². The summed E-state index contributed by atoms with van der Waals surface area (Å²) in [7, 11) is 1.55. The van der Waals surface area contributed by atoms with Crippen LogP contribution in [0.1, 0.15) is 6.42 Å². The summed E-state index contributed by atoms with van der Waals surface area (Å²) in [6.07, 6.45) is 0.988.